The van der Waals surface area contributed by atoms with E-state index in [0.717, 1.165) is 21.3 Å². The smallest absolute Gasteiger partial charge is 0.309 e. The predicted molar refractivity (Wildman–Crippen MR) is 143 cm³/mol. The molecule has 7 nitrogen and oxygen atoms in total. The summed E-state index contributed by atoms with van der Waals surface area (Å²) in [5, 5.41) is 27.1. The number of esters is 1. The highest BCUT2D eigenvalue weighted by Gasteiger charge is 2.42. The van der Waals surface area contributed by atoms with E-state index in [0.29, 0.717) is 18.5 Å². The number of carbonyl (C=O) groups is 2. The highest BCUT2D eigenvalue weighted by molar-refractivity contribution is 7.14. The molecule has 0 aromatic carbocycles. The van der Waals surface area contributed by atoms with E-state index in [9.17, 15) is 19.8 Å². The van der Waals surface area contributed by atoms with Crippen LogP contribution in [0.2, 0.25) is 0 Å². The minimum atomic E-state index is -1.26. The van der Waals surface area contributed by atoms with E-state index in [1.165, 1.54) is 11.3 Å². The normalized spacial score (nSPS) is 30.9. The van der Waals surface area contributed by atoms with Gasteiger partial charge in [0, 0.05) is 29.0 Å². The number of thiazole rings is 2. The molecule has 3 rings (SSSR count). The van der Waals surface area contributed by atoms with Crippen molar-refractivity contribution < 1.29 is 24.5 Å². The van der Waals surface area contributed by atoms with Crippen molar-refractivity contribution in [3.05, 3.63) is 45.3 Å². The summed E-state index contributed by atoms with van der Waals surface area (Å²) < 4.78 is 5.81. The maximum Gasteiger partial charge on any atom is 0.309 e. The standard InChI is InChI=1S/C27H36N2O5S2/c1-15-8-7-9-16(2)24(32)17(3)25(33)27(5,6)22(30)12-23(31)34-21(11-10-15)19-13-36-26(29-19)20-14-35-18(4)28-20/h7,9-10,13-14,16-17,21-22,24,30,32H,8,11-12H2,1-6H3/b9-7-,15-10-/t16-,17-,21+,22-,24-/m1/s1. The van der Waals surface area contributed by atoms with Crippen LogP contribution in [0.25, 0.3) is 10.7 Å². The molecule has 0 unspecified atom stereocenters. The topological polar surface area (TPSA) is 110 Å². The minimum absolute atomic E-state index is 0.238. The van der Waals surface area contributed by atoms with Crippen LogP contribution in [-0.2, 0) is 14.3 Å². The number of cyclic esters (lactones) is 1. The van der Waals surface area contributed by atoms with Crippen LogP contribution in [0.15, 0.2) is 34.6 Å². The highest BCUT2D eigenvalue weighted by atomic mass is 32.1. The number of aromatic nitrogens is 2. The maximum atomic E-state index is 13.2. The lowest BCUT2D eigenvalue weighted by atomic mass is 9.73. The monoisotopic (exact) mass is 532 g/mol. The Bertz CT molecular complexity index is 1130. The third kappa shape index (κ3) is 6.76. The summed E-state index contributed by atoms with van der Waals surface area (Å²) >= 11 is 3.00. The molecule has 3 heterocycles. The molecule has 1 aliphatic heterocycles. The van der Waals surface area contributed by atoms with Crippen molar-refractivity contribution in [2.45, 2.75) is 79.1 Å². The molecule has 0 fully saturated rings. The van der Waals surface area contributed by atoms with Crippen molar-refractivity contribution in [3.8, 4) is 10.7 Å². The van der Waals surface area contributed by atoms with Gasteiger partial charge in [-0.05, 0) is 20.3 Å². The number of rotatable bonds is 2. The van der Waals surface area contributed by atoms with E-state index in [2.05, 4.69) is 4.98 Å². The first-order valence-electron chi connectivity index (χ1n) is 12.2. The molecule has 2 N–H and O–H groups in total. The van der Waals surface area contributed by atoms with Crippen LogP contribution < -0.4 is 0 Å². The number of ketones is 1. The van der Waals surface area contributed by atoms with Gasteiger partial charge in [0.2, 0.25) is 0 Å². The number of Topliss-reactive ketones (excluding diaryl/α,β-unsaturated/α-hetero) is 1. The summed E-state index contributed by atoms with van der Waals surface area (Å²) in [6.07, 6.45) is 3.91. The first-order chi connectivity index (χ1) is 16.9. The zero-order chi connectivity index (χ0) is 26.6. The average molecular weight is 533 g/mol. The SMILES string of the molecule is C/C1=C/C[C@@H](c2csc(-c3csc(C)n3)n2)OC(=O)C[C@@H](O)C(C)(C)C(=O)[C@H](C)[C@H](O)[C@H](C)/C=C\C1. The third-order valence-electron chi connectivity index (χ3n) is 6.82. The first-order valence-corrected chi connectivity index (χ1v) is 14.0. The van der Waals surface area contributed by atoms with Gasteiger partial charge in [-0.3, -0.25) is 9.59 Å². The molecule has 2 aromatic heterocycles. The van der Waals surface area contributed by atoms with Crippen molar-refractivity contribution in [1.82, 2.24) is 9.97 Å². The lowest BCUT2D eigenvalue weighted by molar-refractivity contribution is -0.156. The second-order valence-corrected chi connectivity index (χ2v) is 12.1. The summed E-state index contributed by atoms with van der Waals surface area (Å²) in [4.78, 5) is 35.3. The maximum absolute atomic E-state index is 13.2. The fourth-order valence-electron chi connectivity index (χ4n) is 4.20. The Morgan fingerprint density at radius 3 is 2.47 bits per heavy atom. The molecule has 36 heavy (non-hydrogen) atoms. The Balaban J connectivity index is 1.91. The Labute approximate surface area is 221 Å². The Hall–Kier alpha value is -2.20. The number of aliphatic hydroxyl groups excluding tert-OH is 2. The summed E-state index contributed by atoms with van der Waals surface area (Å²) in [5.41, 5.74) is 1.27. The van der Waals surface area contributed by atoms with Gasteiger partial charge < -0.3 is 14.9 Å². The van der Waals surface area contributed by atoms with Crippen LogP contribution in [0, 0.1) is 24.2 Å². The van der Waals surface area contributed by atoms with Crippen LogP contribution in [0.3, 0.4) is 0 Å². The van der Waals surface area contributed by atoms with E-state index >= 15 is 0 Å². The Morgan fingerprint density at radius 2 is 1.81 bits per heavy atom. The van der Waals surface area contributed by atoms with E-state index < -0.39 is 35.6 Å². The quantitative estimate of drug-likeness (QED) is 0.392. The molecule has 0 bridgehead atoms. The average Bonchev–Trinajstić information content (AvgIpc) is 3.48. The van der Waals surface area contributed by atoms with Crippen molar-refractivity contribution in [3.63, 3.8) is 0 Å². The molecule has 5 atom stereocenters. The molecule has 2 aromatic rings. The molecule has 0 amide bonds. The predicted octanol–water partition coefficient (Wildman–Crippen LogP) is 5.44. The zero-order valence-electron chi connectivity index (χ0n) is 21.7. The Kier molecular flexibility index (Phi) is 9.38. The minimum Gasteiger partial charge on any atom is -0.455 e. The molecule has 196 valence electrons. The van der Waals surface area contributed by atoms with Crippen LogP contribution in [0.4, 0.5) is 0 Å². The molecule has 0 radical (unpaired) electrons. The van der Waals surface area contributed by atoms with E-state index in [4.69, 9.17) is 9.72 Å². The number of nitrogens with zero attached hydrogens (tertiary/aromatic N) is 2. The van der Waals surface area contributed by atoms with Crippen molar-refractivity contribution in [1.29, 1.82) is 0 Å². The number of hydrogen-bond acceptors (Lipinski definition) is 9. The zero-order valence-corrected chi connectivity index (χ0v) is 23.4. The van der Waals surface area contributed by atoms with Gasteiger partial charge in [0.15, 0.2) is 0 Å². The van der Waals surface area contributed by atoms with Crippen LogP contribution in [0.5, 0.6) is 0 Å². The second-order valence-electron chi connectivity index (χ2n) is 10.2. The molecular formula is C27H36N2O5S2. The van der Waals surface area contributed by atoms with Gasteiger partial charge in [-0.25, -0.2) is 9.97 Å². The first kappa shape index (κ1) is 28.4. The van der Waals surface area contributed by atoms with Gasteiger partial charge in [0.25, 0.3) is 0 Å². The molecule has 1 aliphatic rings. The van der Waals surface area contributed by atoms with Crippen LogP contribution in [0.1, 0.15) is 70.7 Å². The number of hydrogen-bond donors (Lipinski definition) is 2. The molecule has 0 spiro atoms. The lowest BCUT2D eigenvalue weighted by Gasteiger charge is -2.34. The number of aryl methyl sites for hydroxylation is 1. The van der Waals surface area contributed by atoms with Crippen LogP contribution in [-0.4, -0.2) is 44.1 Å². The van der Waals surface area contributed by atoms with Gasteiger partial charge in [0.1, 0.15) is 22.6 Å². The number of ether oxygens (including phenoxy) is 1. The van der Waals surface area contributed by atoms with Gasteiger partial charge in [0.05, 0.1) is 34.7 Å². The van der Waals surface area contributed by atoms with Gasteiger partial charge in [-0.2, -0.15) is 0 Å². The lowest BCUT2D eigenvalue weighted by Crippen LogP contribution is -2.45. The molecule has 0 aliphatic carbocycles. The third-order valence-corrected chi connectivity index (χ3v) is 8.47. The largest absolute Gasteiger partial charge is 0.455 e. The van der Waals surface area contributed by atoms with Crippen molar-refractivity contribution >= 4 is 34.4 Å². The van der Waals surface area contributed by atoms with E-state index in [1.807, 2.05) is 49.8 Å². The summed E-state index contributed by atoms with van der Waals surface area (Å²) in [6.45, 7) is 10.7. The fourth-order valence-corrected chi connectivity index (χ4v) is 5.69. The summed E-state index contributed by atoms with van der Waals surface area (Å²) in [7, 11) is 0. The van der Waals surface area contributed by atoms with E-state index in [1.54, 1.807) is 32.1 Å². The number of aliphatic hydroxyl groups is 2. The Morgan fingerprint density at radius 1 is 1.08 bits per heavy atom. The number of carbonyl (C=O) groups excluding carboxylic acids is 2. The summed E-state index contributed by atoms with van der Waals surface area (Å²) in [6, 6.07) is 0. The molecule has 0 saturated heterocycles. The van der Waals surface area contributed by atoms with E-state index in [-0.39, 0.29) is 18.1 Å². The molecule has 9 heteroatoms. The molecule has 0 saturated carbocycles. The van der Waals surface area contributed by atoms with Crippen LogP contribution >= 0.6 is 22.7 Å². The fraction of sp³-hybridized carbons (Fsp3) is 0.556. The van der Waals surface area contributed by atoms with Gasteiger partial charge in [-0.1, -0.05) is 51.5 Å². The van der Waals surface area contributed by atoms with Crippen molar-refractivity contribution in [2.24, 2.45) is 17.3 Å². The van der Waals surface area contributed by atoms with Gasteiger partial charge in [-0.15, -0.1) is 22.7 Å². The summed E-state index contributed by atoms with van der Waals surface area (Å²) in [5.74, 6) is -1.84. The van der Waals surface area contributed by atoms with Gasteiger partial charge >= 0.3 is 5.97 Å². The van der Waals surface area contributed by atoms with Crippen molar-refractivity contribution in [2.75, 3.05) is 0 Å². The molecular weight excluding hydrogens is 496 g/mol. The number of allylic oxidation sites excluding steroid dienone is 2. The second kappa shape index (κ2) is 11.9. The highest BCUT2D eigenvalue weighted by Crippen LogP contribution is 2.34.